The van der Waals surface area contributed by atoms with Gasteiger partial charge < -0.3 is 10.5 Å². The Morgan fingerprint density at radius 3 is 2.06 bits per heavy atom. The van der Waals surface area contributed by atoms with E-state index in [0.29, 0.717) is 23.5 Å². The zero-order valence-corrected chi connectivity index (χ0v) is 19.9. The number of anilines is 1. The van der Waals surface area contributed by atoms with Gasteiger partial charge in [-0.1, -0.05) is 52.8 Å². The summed E-state index contributed by atoms with van der Waals surface area (Å²) in [7, 11) is 3.25. The molecule has 0 aliphatic heterocycles. The lowest BCUT2D eigenvalue weighted by molar-refractivity contribution is 0.277. The van der Waals surface area contributed by atoms with Crippen molar-refractivity contribution in [1.82, 2.24) is 19.1 Å². The van der Waals surface area contributed by atoms with Crippen molar-refractivity contribution in [1.29, 1.82) is 0 Å². The lowest BCUT2D eigenvalue weighted by Gasteiger charge is -2.03. The van der Waals surface area contributed by atoms with Gasteiger partial charge in [0.05, 0.1) is 5.69 Å². The highest BCUT2D eigenvalue weighted by molar-refractivity contribution is 5.83. The Labute approximate surface area is 210 Å². The SMILES string of the molecule is C.C.C#CC#CC#CC#CC.CC.CCn1c(=O)n(-c2ccccc2)c2c(N)ncnc21.COC. The fourth-order valence-electron chi connectivity index (χ4n) is 2.40. The van der Waals surface area contributed by atoms with Gasteiger partial charge in [-0.3, -0.25) is 9.13 Å². The Bertz CT molecular complexity index is 1280. The molecule has 3 rings (SSSR count). The molecule has 0 fully saturated rings. The molecule has 0 aliphatic rings. The number of para-hydroxylation sites is 1. The van der Waals surface area contributed by atoms with Crippen LogP contribution in [0.25, 0.3) is 16.9 Å². The number of fused-ring (bicyclic) bond motifs is 1. The average molecular weight is 476 g/mol. The number of nitrogen functional groups attached to an aromatic ring is 1. The normalized spacial score (nSPS) is 7.57. The van der Waals surface area contributed by atoms with Crippen molar-refractivity contribution in [2.75, 3.05) is 20.0 Å². The van der Waals surface area contributed by atoms with Crippen LogP contribution < -0.4 is 11.4 Å². The highest BCUT2D eigenvalue weighted by Gasteiger charge is 2.17. The highest BCUT2D eigenvalue weighted by Crippen LogP contribution is 2.19. The van der Waals surface area contributed by atoms with E-state index >= 15 is 0 Å². The van der Waals surface area contributed by atoms with Gasteiger partial charge in [0.1, 0.15) is 11.8 Å². The third-order valence-electron chi connectivity index (χ3n) is 3.51. The Morgan fingerprint density at radius 2 is 1.54 bits per heavy atom. The molecule has 7 nitrogen and oxygen atoms in total. The van der Waals surface area contributed by atoms with Crippen LogP contribution in [0.4, 0.5) is 5.82 Å². The van der Waals surface area contributed by atoms with Gasteiger partial charge in [0.2, 0.25) is 0 Å². The number of methoxy groups -OCH3 is 1. The van der Waals surface area contributed by atoms with Crippen molar-refractivity contribution in [2.24, 2.45) is 0 Å². The largest absolute Gasteiger partial charge is 0.388 e. The van der Waals surface area contributed by atoms with Gasteiger partial charge in [0, 0.05) is 20.8 Å². The molecule has 0 atom stereocenters. The summed E-state index contributed by atoms with van der Waals surface area (Å²) in [5, 5.41) is 0. The quantitative estimate of drug-likeness (QED) is 0.555. The van der Waals surface area contributed by atoms with Crippen LogP contribution in [-0.4, -0.2) is 33.3 Å². The van der Waals surface area contributed by atoms with Crippen LogP contribution >= 0.6 is 0 Å². The molecule has 35 heavy (non-hydrogen) atoms. The third-order valence-corrected chi connectivity index (χ3v) is 3.51. The zero-order valence-electron chi connectivity index (χ0n) is 19.9. The summed E-state index contributed by atoms with van der Waals surface area (Å²) >= 11 is 0. The van der Waals surface area contributed by atoms with Crippen LogP contribution in [0.3, 0.4) is 0 Å². The summed E-state index contributed by atoms with van der Waals surface area (Å²) in [6.07, 6.45) is 6.19. The summed E-state index contributed by atoms with van der Waals surface area (Å²) < 4.78 is 7.38. The first-order valence-electron chi connectivity index (χ1n) is 10.1. The van der Waals surface area contributed by atoms with Gasteiger partial charge in [-0.15, -0.1) is 6.42 Å². The second-order valence-corrected chi connectivity index (χ2v) is 5.56. The first kappa shape index (κ1) is 35.2. The Hall–Kier alpha value is -4.43. The first-order chi connectivity index (χ1) is 16.1. The van der Waals surface area contributed by atoms with Crippen LogP contribution in [0.2, 0.25) is 0 Å². The first-order valence-corrected chi connectivity index (χ1v) is 10.1. The Morgan fingerprint density at radius 1 is 1.00 bits per heavy atom. The maximum Gasteiger partial charge on any atom is 0.335 e. The number of aromatic nitrogens is 4. The molecule has 2 N–H and O–H groups in total. The second kappa shape index (κ2) is 21.4. The second-order valence-electron chi connectivity index (χ2n) is 5.56. The van der Waals surface area contributed by atoms with Crippen LogP contribution in [0.5, 0.6) is 0 Å². The molecule has 0 amide bonds. The van der Waals surface area contributed by atoms with Gasteiger partial charge in [-0.25, -0.2) is 14.8 Å². The molecule has 1 aromatic carbocycles. The molecular weight excluding hydrogens is 438 g/mol. The Kier molecular flexibility index (Phi) is 21.5. The van der Waals surface area contributed by atoms with Crippen LogP contribution in [0.15, 0.2) is 41.5 Å². The molecule has 186 valence electrons. The van der Waals surface area contributed by atoms with Crippen molar-refractivity contribution in [3.8, 4) is 53.6 Å². The number of imidazole rings is 1. The third kappa shape index (κ3) is 10.8. The maximum atomic E-state index is 12.5. The minimum atomic E-state index is -0.157. The molecule has 0 spiro atoms. The fourth-order valence-corrected chi connectivity index (χ4v) is 2.40. The lowest BCUT2D eigenvalue weighted by atomic mass is 10.3. The fraction of sp³-hybridized carbons (Fsp3) is 0.321. The topological polar surface area (TPSA) is 88.0 Å². The molecule has 0 saturated carbocycles. The van der Waals surface area contributed by atoms with Crippen molar-refractivity contribution < 1.29 is 4.74 Å². The lowest BCUT2D eigenvalue weighted by Crippen LogP contribution is -2.22. The van der Waals surface area contributed by atoms with Gasteiger partial charge in [-0.2, -0.15) is 0 Å². The van der Waals surface area contributed by atoms with Crippen LogP contribution in [-0.2, 0) is 11.3 Å². The van der Waals surface area contributed by atoms with Crippen molar-refractivity contribution in [2.45, 2.75) is 49.1 Å². The molecule has 0 unspecified atom stereocenters. The number of terminal acetylenes is 1. The van der Waals surface area contributed by atoms with E-state index in [9.17, 15) is 4.79 Å². The number of benzene rings is 1. The summed E-state index contributed by atoms with van der Waals surface area (Å²) in [5.74, 6) is 17.3. The summed E-state index contributed by atoms with van der Waals surface area (Å²) in [6, 6.07) is 9.35. The number of nitrogens with zero attached hydrogens (tertiary/aromatic N) is 4. The van der Waals surface area contributed by atoms with Gasteiger partial charge >= 0.3 is 5.69 Å². The molecular formula is C28H37N5O2. The molecule has 2 aromatic heterocycles. The molecule has 0 bridgehead atoms. The van der Waals surface area contributed by atoms with E-state index in [1.54, 1.807) is 30.3 Å². The van der Waals surface area contributed by atoms with Crippen LogP contribution in [0.1, 0.15) is 42.5 Å². The van der Waals surface area contributed by atoms with E-state index in [1.807, 2.05) is 51.1 Å². The molecule has 3 aromatic rings. The van der Waals surface area contributed by atoms with E-state index in [2.05, 4.69) is 56.1 Å². The van der Waals surface area contributed by atoms with Crippen molar-refractivity contribution in [3.05, 3.63) is 47.1 Å². The minimum Gasteiger partial charge on any atom is -0.388 e. The van der Waals surface area contributed by atoms with Gasteiger partial charge in [0.25, 0.3) is 0 Å². The van der Waals surface area contributed by atoms with E-state index in [0.717, 1.165) is 5.69 Å². The standard InChI is InChI=1S/C13H13N5O.C9H4.C2H6O.C2H6.2CH4/c1-2-17-12-10(11(14)15-8-16-12)18(13(17)19)9-6-4-3-5-7-9;1-3-5-7-9-8-6-4-2;1-3-2;1-2;;/h3-8H,2H2,1H3,(H2,14,15,16);1H,2H3;1-2H3;1-2H3;2*1H4. The van der Waals surface area contributed by atoms with Crippen molar-refractivity contribution >= 4 is 17.0 Å². The van der Waals surface area contributed by atoms with E-state index in [1.165, 1.54) is 6.33 Å². The smallest absolute Gasteiger partial charge is 0.335 e. The molecule has 7 heteroatoms. The van der Waals surface area contributed by atoms with E-state index < -0.39 is 0 Å². The minimum absolute atomic E-state index is 0. The highest BCUT2D eigenvalue weighted by atomic mass is 16.4. The van der Waals surface area contributed by atoms with E-state index in [4.69, 9.17) is 12.2 Å². The Balaban J connectivity index is -0.000000548. The summed E-state index contributed by atoms with van der Waals surface area (Å²) in [4.78, 5) is 20.6. The molecule has 0 saturated heterocycles. The number of ether oxygens (including phenoxy) is 1. The number of nitrogens with two attached hydrogens (primary N) is 1. The van der Waals surface area contributed by atoms with Crippen LogP contribution in [0, 0.1) is 47.9 Å². The zero-order chi connectivity index (χ0) is 25.1. The van der Waals surface area contributed by atoms with E-state index in [-0.39, 0.29) is 20.5 Å². The predicted molar refractivity (Wildman–Crippen MR) is 149 cm³/mol. The molecule has 0 aliphatic carbocycles. The summed E-state index contributed by atoms with van der Waals surface area (Å²) in [5.41, 5.74) is 7.62. The maximum absolute atomic E-state index is 12.5. The predicted octanol–water partition coefficient (Wildman–Crippen LogP) is 4.40. The molecule has 0 radical (unpaired) electrons. The number of rotatable bonds is 2. The van der Waals surface area contributed by atoms with Gasteiger partial charge in [0.15, 0.2) is 11.5 Å². The number of hydrogen-bond acceptors (Lipinski definition) is 5. The monoisotopic (exact) mass is 475 g/mol. The van der Waals surface area contributed by atoms with Crippen molar-refractivity contribution in [3.63, 3.8) is 0 Å². The number of aryl methyl sites for hydroxylation is 1. The van der Waals surface area contributed by atoms with Gasteiger partial charge in [-0.05, 0) is 61.5 Å². The summed E-state index contributed by atoms with van der Waals surface area (Å²) in [6.45, 7) is 8.14. The number of hydrogen-bond donors (Lipinski definition) is 1. The average Bonchev–Trinajstić information content (AvgIpc) is 3.14. The molecule has 2 heterocycles.